The molecule has 5 nitrogen and oxygen atoms in total. The van der Waals surface area contributed by atoms with Gasteiger partial charge in [-0.1, -0.05) is 20.8 Å². The van der Waals surface area contributed by atoms with Gasteiger partial charge in [-0.05, 0) is 37.8 Å². The fourth-order valence-corrected chi connectivity index (χ4v) is 2.49. The molecule has 1 aliphatic rings. The van der Waals surface area contributed by atoms with Crippen LogP contribution in [0.15, 0.2) is 4.99 Å². The van der Waals surface area contributed by atoms with Crippen LogP contribution in [0.3, 0.4) is 0 Å². The normalized spacial score (nSPS) is 20.2. The van der Waals surface area contributed by atoms with Crippen molar-refractivity contribution in [1.29, 1.82) is 0 Å². The maximum atomic E-state index is 5.59. The van der Waals surface area contributed by atoms with Gasteiger partial charge in [-0.25, -0.2) is 0 Å². The molecule has 0 aromatic carbocycles. The topological polar surface area (TPSA) is 48.9 Å². The van der Waals surface area contributed by atoms with Gasteiger partial charge in [-0.3, -0.25) is 4.99 Å². The largest absolute Gasteiger partial charge is 0.380 e. The third-order valence-electron chi connectivity index (χ3n) is 3.98. The lowest BCUT2D eigenvalue weighted by molar-refractivity contribution is 0.128. The second-order valence-electron chi connectivity index (χ2n) is 6.22. The summed E-state index contributed by atoms with van der Waals surface area (Å²) in [7, 11) is 1.82. The molecule has 1 unspecified atom stereocenters. The predicted molar refractivity (Wildman–Crippen MR) is 89.9 cm³/mol. The molecule has 124 valence electrons. The second kappa shape index (κ2) is 10.9. The molecule has 1 saturated heterocycles. The fraction of sp³-hybridized carbons (Fsp3) is 0.938. The Labute approximate surface area is 130 Å². The standard InChI is InChI=1S/C16H34N4O/c1-5-20-9-6-15(13-20)12-19-16(17-4)18-8-11-21-10-7-14(2)3/h14-15H,5-13H2,1-4H3,(H2,17,18,19). The van der Waals surface area contributed by atoms with Crippen LogP contribution in [-0.2, 0) is 4.74 Å². The summed E-state index contributed by atoms with van der Waals surface area (Å²) in [6, 6.07) is 0. The number of hydrogen-bond acceptors (Lipinski definition) is 3. The van der Waals surface area contributed by atoms with Gasteiger partial charge in [0.15, 0.2) is 5.96 Å². The van der Waals surface area contributed by atoms with Crippen LogP contribution in [0.25, 0.3) is 0 Å². The van der Waals surface area contributed by atoms with Gasteiger partial charge in [-0.15, -0.1) is 0 Å². The lowest BCUT2D eigenvalue weighted by atomic mass is 10.1. The summed E-state index contributed by atoms with van der Waals surface area (Å²) < 4.78 is 5.59. The lowest BCUT2D eigenvalue weighted by Gasteiger charge is -2.16. The van der Waals surface area contributed by atoms with Crippen molar-refractivity contribution >= 4 is 5.96 Å². The quantitative estimate of drug-likeness (QED) is 0.385. The van der Waals surface area contributed by atoms with Crippen LogP contribution in [0.4, 0.5) is 0 Å². The molecule has 1 heterocycles. The summed E-state index contributed by atoms with van der Waals surface area (Å²) in [6.07, 6.45) is 2.42. The summed E-state index contributed by atoms with van der Waals surface area (Å²) in [6.45, 7) is 13.7. The molecule has 1 fully saturated rings. The van der Waals surface area contributed by atoms with E-state index in [-0.39, 0.29) is 0 Å². The second-order valence-corrected chi connectivity index (χ2v) is 6.22. The van der Waals surface area contributed by atoms with Crippen LogP contribution in [-0.4, -0.2) is 63.8 Å². The number of nitrogens with one attached hydrogen (secondary N) is 2. The Kier molecular flexibility index (Phi) is 9.42. The van der Waals surface area contributed by atoms with Crippen molar-refractivity contribution in [2.24, 2.45) is 16.8 Å². The molecule has 1 rings (SSSR count). The van der Waals surface area contributed by atoms with Crippen LogP contribution in [0, 0.1) is 11.8 Å². The average molecular weight is 298 g/mol. The van der Waals surface area contributed by atoms with E-state index >= 15 is 0 Å². The SMILES string of the molecule is CCN1CCC(CNC(=NC)NCCOCCC(C)C)C1. The van der Waals surface area contributed by atoms with E-state index in [2.05, 4.69) is 41.3 Å². The smallest absolute Gasteiger partial charge is 0.191 e. The highest BCUT2D eigenvalue weighted by Gasteiger charge is 2.20. The van der Waals surface area contributed by atoms with Gasteiger partial charge in [-0.2, -0.15) is 0 Å². The molecule has 5 heteroatoms. The van der Waals surface area contributed by atoms with Gasteiger partial charge in [0.05, 0.1) is 6.61 Å². The van der Waals surface area contributed by atoms with E-state index in [0.29, 0.717) is 5.92 Å². The van der Waals surface area contributed by atoms with Crippen molar-refractivity contribution in [3.05, 3.63) is 0 Å². The van der Waals surface area contributed by atoms with E-state index in [0.717, 1.165) is 51.1 Å². The molecule has 2 N–H and O–H groups in total. The van der Waals surface area contributed by atoms with E-state index in [1.807, 2.05) is 7.05 Å². The molecular formula is C16H34N4O. The van der Waals surface area contributed by atoms with E-state index in [4.69, 9.17) is 4.74 Å². The molecule has 0 aromatic heterocycles. The Bertz CT molecular complexity index is 294. The number of likely N-dealkylation sites (tertiary alicyclic amines) is 1. The summed E-state index contributed by atoms with van der Waals surface area (Å²) in [5.41, 5.74) is 0. The molecule has 0 saturated carbocycles. The molecule has 1 aliphatic heterocycles. The van der Waals surface area contributed by atoms with Gasteiger partial charge in [0, 0.05) is 33.3 Å². The van der Waals surface area contributed by atoms with Crippen LogP contribution in [0.1, 0.15) is 33.6 Å². The van der Waals surface area contributed by atoms with E-state index in [9.17, 15) is 0 Å². The van der Waals surface area contributed by atoms with Crippen molar-refractivity contribution in [2.75, 3.05) is 53.0 Å². The van der Waals surface area contributed by atoms with E-state index in [1.54, 1.807) is 0 Å². The van der Waals surface area contributed by atoms with Crippen molar-refractivity contribution in [3.63, 3.8) is 0 Å². The minimum absolute atomic E-state index is 0.710. The number of ether oxygens (including phenoxy) is 1. The average Bonchev–Trinajstić information content (AvgIpc) is 2.93. The molecule has 0 bridgehead atoms. The first-order valence-corrected chi connectivity index (χ1v) is 8.40. The highest BCUT2D eigenvalue weighted by molar-refractivity contribution is 5.79. The van der Waals surface area contributed by atoms with Crippen LogP contribution in [0.2, 0.25) is 0 Å². The van der Waals surface area contributed by atoms with Gasteiger partial charge >= 0.3 is 0 Å². The van der Waals surface area contributed by atoms with E-state index < -0.39 is 0 Å². The highest BCUT2D eigenvalue weighted by Crippen LogP contribution is 2.14. The van der Waals surface area contributed by atoms with Crippen molar-refractivity contribution in [2.45, 2.75) is 33.6 Å². The summed E-state index contributed by atoms with van der Waals surface area (Å²) >= 11 is 0. The molecule has 0 aliphatic carbocycles. The molecule has 1 atom stereocenters. The lowest BCUT2D eigenvalue weighted by Crippen LogP contribution is -2.41. The van der Waals surface area contributed by atoms with Gasteiger partial charge in [0.25, 0.3) is 0 Å². The zero-order valence-corrected chi connectivity index (χ0v) is 14.3. The Morgan fingerprint density at radius 2 is 2.14 bits per heavy atom. The Hall–Kier alpha value is -0.810. The maximum Gasteiger partial charge on any atom is 0.191 e. The van der Waals surface area contributed by atoms with Gasteiger partial charge < -0.3 is 20.3 Å². The highest BCUT2D eigenvalue weighted by atomic mass is 16.5. The fourth-order valence-electron chi connectivity index (χ4n) is 2.49. The van der Waals surface area contributed by atoms with Crippen LogP contribution >= 0.6 is 0 Å². The first kappa shape index (κ1) is 18.2. The molecule has 0 amide bonds. The van der Waals surface area contributed by atoms with Crippen molar-refractivity contribution in [3.8, 4) is 0 Å². The Morgan fingerprint density at radius 1 is 1.33 bits per heavy atom. The minimum atomic E-state index is 0.710. The van der Waals surface area contributed by atoms with Gasteiger partial charge in [0.2, 0.25) is 0 Å². The number of aliphatic imine (C=N–C) groups is 1. The third-order valence-corrected chi connectivity index (χ3v) is 3.98. The summed E-state index contributed by atoms with van der Waals surface area (Å²) in [5.74, 6) is 2.34. The van der Waals surface area contributed by atoms with Crippen LogP contribution < -0.4 is 10.6 Å². The zero-order valence-electron chi connectivity index (χ0n) is 14.3. The summed E-state index contributed by atoms with van der Waals surface area (Å²) in [5, 5.41) is 6.73. The zero-order chi connectivity index (χ0) is 15.5. The molecular weight excluding hydrogens is 264 g/mol. The third kappa shape index (κ3) is 8.27. The Morgan fingerprint density at radius 3 is 2.76 bits per heavy atom. The first-order chi connectivity index (χ1) is 10.2. The van der Waals surface area contributed by atoms with Crippen LogP contribution in [0.5, 0.6) is 0 Å². The van der Waals surface area contributed by atoms with E-state index in [1.165, 1.54) is 19.5 Å². The van der Waals surface area contributed by atoms with Crippen molar-refractivity contribution < 1.29 is 4.74 Å². The first-order valence-electron chi connectivity index (χ1n) is 8.40. The molecule has 21 heavy (non-hydrogen) atoms. The predicted octanol–water partition coefficient (Wildman–Crippen LogP) is 1.56. The molecule has 0 aromatic rings. The monoisotopic (exact) mass is 298 g/mol. The van der Waals surface area contributed by atoms with Crippen molar-refractivity contribution in [1.82, 2.24) is 15.5 Å². The number of nitrogens with zero attached hydrogens (tertiary/aromatic N) is 2. The minimum Gasteiger partial charge on any atom is -0.380 e. The molecule has 0 spiro atoms. The summed E-state index contributed by atoms with van der Waals surface area (Å²) in [4.78, 5) is 6.76. The number of rotatable bonds is 9. The maximum absolute atomic E-state index is 5.59. The number of hydrogen-bond donors (Lipinski definition) is 2. The number of guanidine groups is 1. The Balaban J connectivity index is 2.04. The van der Waals surface area contributed by atoms with Gasteiger partial charge in [0.1, 0.15) is 0 Å². The molecule has 0 radical (unpaired) electrons.